The number of aromatic amines is 1. The summed E-state index contributed by atoms with van der Waals surface area (Å²) in [6, 6.07) is 10.8. The smallest absolute Gasteiger partial charge is 0.254 e. The van der Waals surface area contributed by atoms with E-state index in [4.69, 9.17) is 34.8 Å². The predicted octanol–water partition coefficient (Wildman–Crippen LogP) is 6.06. The van der Waals surface area contributed by atoms with Crippen molar-refractivity contribution in [2.75, 3.05) is 13.1 Å². The van der Waals surface area contributed by atoms with Crippen LogP contribution in [0.1, 0.15) is 22.3 Å². The number of para-hydroxylation sites is 1. The number of carbonyl (C=O) groups excluding carboxylic acids is 1. The van der Waals surface area contributed by atoms with Crippen LogP contribution < -0.4 is 0 Å². The molecule has 0 fully saturated rings. The topological polar surface area (TPSA) is 36.1 Å². The molecule has 4 rings (SSSR count). The maximum atomic E-state index is 12.7. The zero-order valence-corrected chi connectivity index (χ0v) is 16.0. The molecule has 0 spiro atoms. The van der Waals surface area contributed by atoms with Gasteiger partial charge in [-0.3, -0.25) is 4.79 Å². The molecule has 0 bridgehead atoms. The van der Waals surface area contributed by atoms with Crippen LogP contribution in [0, 0.1) is 0 Å². The van der Waals surface area contributed by atoms with Gasteiger partial charge >= 0.3 is 0 Å². The number of nitrogens with zero attached hydrogens (tertiary/aromatic N) is 1. The molecule has 26 heavy (non-hydrogen) atoms. The first-order chi connectivity index (χ1) is 12.5. The second kappa shape index (κ2) is 6.99. The summed E-state index contributed by atoms with van der Waals surface area (Å²) in [6.07, 6.45) is 4.85. The highest BCUT2D eigenvalue weighted by Gasteiger charge is 2.21. The molecule has 2 heterocycles. The average molecular weight is 406 g/mol. The van der Waals surface area contributed by atoms with Gasteiger partial charge in [0, 0.05) is 45.8 Å². The molecule has 0 aliphatic carbocycles. The van der Waals surface area contributed by atoms with Gasteiger partial charge in [-0.15, -0.1) is 0 Å². The lowest BCUT2D eigenvalue weighted by Gasteiger charge is -2.26. The second-order valence-corrected chi connectivity index (χ2v) is 7.53. The first kappa shape index (κ1) is 17.5. The van der Waals surface area contributed by atoms with E-state index in [1.54, 1.807) is 23.1 Å². The summed E-state index contributed by atoms with van der Waals surface area (Å²) in [7, 11) is 0. The molecule has 1 amide bonds. The molecule has 0 radical (unpaired) electrons. The molecule has 3 aromatic rings. The minimum atomic E-state index is -0.0633. The lowest BCUT2D eigenvalue weighted by atomic mass is 9.98. The number of aromatic nitrogens is 1. The highest BCUT2D eigenvalue weighted by atomic mass is 35.5. The Morgan fingerprint density at radius 2 is 1.85 bits per heavy atom. The first-order valence-electron chi connectivity index (χ1n) is 8.23. The van der Waals surface area contributed by atoms with E-state index in [1.165, 1.54) is 5.57 Å². The van der Waals surface area contributed by atoms with Crippen LogP contribution in [0.15, 0.2) is 48.7 Å². The molecule has 0 atom stereocenters. The van der Waals surface area contributed by atoms with Gasteiger partial charge in [-0.1, -0.05) is 53.0 Å². The Morgan fingerprint density at radius 1 is 1.08 bits per heavy atom. The van der Waals surface area contributed by atoms with Crippen LogP contribution >= 0.6 is 34.8 Å². The molecule has 132 valence electrons. The van der Waals surface area contributed by atoms with Crippen LogP contribution in [0.4, 0.5) is 0 Å². The number of halogens is 3. The van der Waals surface area contributed by atoms with Crippen molar-refractivity contribution < 1.29 is 4.79 Å². The van der Waals surface area contributed by atoms with Crippen molar-refractivity contribution in [2.45, 2.75) is 6.42 Å². The molecule has 1 aliphatic rings. The third kappa shape index (κ3) is 3.23. The van der Waals surface area contributed by atoms with Crippen LogP contribution in [0.25, 0.3) is 16.5 Å². The molecule has 2 aromatic carbocycles. The maximum absolute atomic E-state index is 12.7. The van der Waals surface area contributed by atoms with E-state index in [0.717, 1.165) is 22.9 Å². The highest BCUT2D eigenvalue weighted by molar-refractivity contribution is 6.35. The molecule has 0 saturated heterocycles. The number of rotatable bonds is 2. The van der Waals surface area contributed by atoms with Crippen molar-refractivity contribution in [3.05, 3.63) is 74.9 Å². The normalized spacial score (nSPS) is 14.6. The van der Waals surface area contributed by atoms with Gasteiger partial charge in [-0.2, -0.15) is 0 Å². The standard InChI is InChI=1S/C20H15Cl3N2O/c21-14-8-13(9-15(22)10-14)20(26)25-6-4-12(5-7-25)17-11-24-19-16(17)2-1-3-18(19)23/h1-4,8-11,24H,5-7H2. The fourth-order valence-corrected chi connectivity index (χ4v) is 4.10. The number of benzene rings is 2. The van der Waals surface area contributed by atoms with Gasteiger partial charge in [-0.05, 0) is 36.3 Å². The fraction of sp³-hybridized carbons (Fsp3) is 0.150. The number of hydrogen-bond acceptors (Lipinski definition) is 1. The van der Waals surface area contributed by atoms with Gasteiger partial charge < -0.3 is 9.88 Å². The number of carbonyl (C=O) groups is 1. The van der Waals surface area contributed by atoms with E-state index in [9.17, 15) is 4.79 Å². The van der Waals surface area contributed by atoms with Crippen LogP contribution in [-0.2, 0) is 0 Å². The Hall–Kier alpha value is -1.94. The van der Waals surface area contributed by atoms with Gasteiger partial charge in [0.2, 0.25) is 0 Å². The Bertz CT molecular complexity index is 1020. The zero-order valence-electron chi connectivity index (χ0n) is 13.7. The summed E-state index contributed by atoms with van der Waals surface area (Å²) in [5.74, 6) is -0.0633. The number of fused-ring (bicyclic) bond motifs is 1. The van der Waals surface area contributed by atoms with E-state index < -0.39 is 0 Å². The lowest BCUT2D eigenvalue weighted by Crippen LogP contribution is -2.34. The Balaban J connectivity index is 1.58. The molecular formula is C20H15Cl3N2O. The number of hydrogen-bond donors (Lipinski definition) is 1. The van der Waals surface area contributed by atoms with Gasteiger partial charge in [0.25, 0.3) is 5.91 Å². The van der Waals surface area contributed by atoms with Crippen LogP contribution in [0.2, 0.25) is 15.1 Å². The maximum Gasteiger partial charge on any atom is 0.254 e. The number of H-pyrrole nitrogens is 1. The Kier molecular flexibility index (Phi) is 4.70. The van der Waals surface area contributed by atoms with Crippen molar-refractivity contribution in [3.63, 3.8) is 0 Å². The summed E-state index contributed by atoms with van der Waals surface area (Å²) in [4.78, 5) is 17.8. The van der Waals surface area contributed by atoms with Crippen molar-refractivity contribution >= 4 is 57.2 Å². The number of amides is 1. The van der Waals surface area contributed by atoms with E-state index in [1.807, 2.05) is 18.3 Å². The van der Waals surface area contributed by atoms with Crippen molar-refractivity contribution in [1.82, 2.24) is 9.88 Å². The predicted molar refractivity (Wildman–Crippen MR) is 108 cm³/mol. The minimum Gasteiger partial charge on any atom is -0.359 e. The van der Waals surface area contributed by atoms with Crippen molar-refractivity contribution in [3.8, 4) is 0 Å². The third-order valence-corrected chi connectivity index (χ3v) is 5.37. The summed E-state index contributed by atoms with van der Waals surface area (Å²) >= 11 is 18.3. The monoisotopic (exact) mass is 404 g/mol. The van der Waals surface area contributed by atoms with Gasteiger partial charge in [0.1, 0.15) is 0 Å². The molecule has 1 N–H and O–H groups in total. The van der Waals surface area contributed by atoms with E-state index in [0.29, 0.717) is 33.7 Å². The van der Waals surface area contributed by atoms with Crippen LogP contribution in [-0.4, -0.2) is 28.9 Å². The Morgan fingerprint density at radius 3 is 2.54 bits per heavy atom. The second-order valence-electron chi connectivity index (χ2n) is 6.25. The summed E-state index contributed by atoms with van der Waals surface area (Å²) in [5, 5.41) is 2.74. The quantitative estimate of drug-likeness (QED) is 0.553. The molecule has 1 aliphatic heterocycles. The zero-order chi connectivity index (χ0) is 18.3. The van der Waals surface area contributed by atoms with Gasteiger partial charge in [0.15, 0.2) is 0 Å². The summed E-state index contributed by atoms with van der Waals surface area (Å²) in [6.45, 7) is 1.19. The lowest BCUT2D eigenvalue weighted by molar-refractivity contribution is 0.0773. The number of nitrogens with one attached hydrogen (secondary N) is 1. The fourth-order valence-electron chi connectivity index (χ4n) is 3.34. The van der Waals surface area contributed by atoms with Gasteiger partial charge in [0.05, 0.1) is 10.5 Å². The highest BCUT2D eigenvalue weighted by Crippen LogP contribution is 2.32. The SMILES string of the molecule is O=C(c1cc(Cl)cc(Cl)c1)N1CC=C(c2c[nH]c3c(Cl)cccc23)CC1. The average Bonchev–Trinajstić information content (AvgIpc) is 3.06. The summed E-state index contributed by atoms with van der Waals surface area (Å²) < 4.78 is 0. The first-order valence-corrected chi connectivity index (χ1v) is 9.36. The molecule has 3 nitrogen and oxygen atoms in total. The molecular weight excluding hydrogens is 391 g/mol. The molecule has 0 saturated carbocycles. The van der Waals surface area contributed by atoms with Crippen LogP contribution in [0.5, 0.6) is 0 Å². The Labute approximate surface area is 166 Å². The van der Waals surface area contributed by atoms with Crippen molar-refractivity contribution in [1.29, 1.82) is 0 Å². The largest absolute Gasteiger partial charge is 0.359 e. The van der Waals surface area contributed by atoms with E-state index in [-0.39, 0.29) is 5.91 Å². The van der Waals surface area contributed by atoms with E-state index >= 15 is 0 Å². The minimum absolute atomic E-state index is 0.0633. The molecule has 6 heteroatoms. The van der Waals surface area contributed by atoms with Gasteiger partial charge in [-0.25, -0.2) is 0 Å². The summed E-state index contributed by atoms with van der Waals surface area (Å²) in [5.41, 5.74) is 3.81. The molecule has 0 unspecified atom stereocenters. The van der Waals surface area contributed by atoms with E-state index in [2.05, 4.69) is 17.1 Å². The molecule has 1 aromatic heterocycles. The third-order valence-electron chi connectivity index (χ3n) is 4.62. The van der Waals surface area contributed by atoms with Crippen LogP contribution in [0.3, 0.4) is 0 Å². The van der Waals surface area contributed by atoms with Crippen molar-refractivity contribution in [2.24, 2.45) is 0 Å².